The van der Waals surface area contributed by atoms with E-state index in [1.54, 1.807) is 0 Å². The number of hydrogen-bond donors (Lipinski definition) is 1. The number of carbonyl (C=O) groups excluding carboxylic acids is 1. The Morgan fingerprint density at radius 3 is 2.44 bits per heavy atom. The van der Waals surface area contributed by atoms with E-state index < -0.39 is 11.7 Å². The maximum absolute atomic E-state index is 12.4. The summed E-state index contributed by atoms with van der Waals surface area (Å²) in [5.41, 5.74) is 4.99. The smallest absolute Gasteiger partial charge is 0.338 e. The van der Waals surface area contributed by atoms with Crippen LogP contribution in [0.15, 0.2) is 11.6 Å². The Morgan fingerprint density at radius 2 is 2.11 bits per heavy atom. The molecule has 6 heteroatoms. The SMILES string of the molecule is CC(C)C(CN)C(=O)N1CC=C(C(F)(F)F)CC1. The van der Waals surface area contributed by atoms with E-state index in [0.29, 0.717) is 0 Å². The monoisotopic (exact) mass is 264 g/mol. The van der Waals surface area contributed by atoms with Crippen LogP contribution in [0.25, 0.3) is 0 Å². The molecule has 0 radical (unpaired) electrons. The fraction of sp³-hybridized carbons (Fsp3) is 0.750. The average Bonchev–Trinajstić information content (AvgIpc) is 2.28. The second-order valence-corrected chi connectivity index (χ2v) is 4.85. The predicted molar refractivity (Wildman–Crippen MR) is 62.7 cm³/mol. The first kappa shape index (κ1) is 15.0. The van der Waals surface area contributed by atoms with Crippen molar-refractivity contribution in [2.24, 2.45) is 17.6 Å². The van der Waals surface area contributed by atoms with E-state index in [0.717, 1.165) is 6.08 Å². The van der Waals surface area contributed by atoms with Gasteiger partial charge in [-0.05, 0) is 12.3 Å². The topological polar surface area (TPSA) is 46.3 Å². The van der Waals surface area contributed by atoms with E-state index in [2.05, 4.69) is 0 Å². The van der Waals surface area contributed by atoms with Crippen molar-refractivity contribution < 1.29 is 18.0 Å². The molecule has 104 valence electrons. The minimum atomic E-state index is -4.28. The third-order valence-corrected chi connectivity index (χ3v) is 3.26. The number of rotatable bonds is 3. The first-order chi connectivity index (χ1) is 8.27. The summed E-state index contributed by atoms with van der Waals surface area (Å²) in [5, 5.41) is 0. The van der Waals surface area contributed by atoms with Crippen LogP contribution in [0.5, 0.6) is 0 Å². The third-order valence-electron chi connectivity index (χ3n) is 3.26. The van der Waals surface area contributed by atoms with Crippen LogP contribution >= 0.6 is 0 Å². The summed E-state index contributed by atoms with van der Waals surface area (Å²) < 4.78 is 37.3. The van der Waals surface area contributed by atoms with Crippen LogP contribution in [0.3, 0.4) is 0 Å². The van der Waals surface area contributed by atoms with Crippen LogP contribution in [0.1, 0.15) is 20.3 Å². The van der Waals surface area contributed by atoms with Crippen LogP contribution in [0, 0.1) is 11.8 Å². The van der Waals surface area contributed by atoms with Gasteiger partial charge < -0.3 is 10.6 Å². The average molecular weight is 264 g/mol. The van der Waals surface area contributed by atoms with Gasteiger partial charge >= 0.3 is 6.18 Å². The Morgan fingerprint density at radius 1 is 1.50 bits per heavy atom. The summed E-state index contributed by atoms with van der Waals surface area (Å²) in [7, 11) is 0. The largest absolute Gasteiger partial charge is 0.412 e. The van der Waals surface area contributed by atoms with Gasteiger partial charge in [0, 0.05) is 25.2 Å². The molecule has 1 heterocycles. The molecule has 0 saturated carbocycles. The highest BCUT2D eigenvalue weighted by Gasteiger charge is 2.36. The summed E-state index contributed by atoms with van der Waals surface area (Å²) >= 11 is 0. The van der Waals surface area contributed by atoms with Crippen molar-refractivity contribution in [1.82, 2.24) is 4.90 Å². The Balaban J connectivity index is 2.68. The molecule has 0 bridgehead atoms. The van der Waals surface area contributed by atoms with E-state index in [4.69, 9.17) is 5.73 Å². The van der Waals surface area contributed by atoms with Crippen molar-refractivity contribution in [3.63, 3.8) is 0 Å². The number of alkyl halides is 3. The van der Waals surface area contributed by atoms with Crippen molar-refractivity contribution in [1.29, 1.82) is 0 Å². The number of nitrogens with zero attached hydrogens (tertiary/aromatic N) is 1. The van der Waals surface area contributed by atoms with Gasteiger partial charge in [0.15, 0.2) is 0 Å². The van der Waals surface area contributed by atoms with Crippen LogP contribution in [0.2, 0.25) is 0 Å². The molecule has 1 aliphatic rings. The minimum absolute atomic E-state index is 0.0247. The minimum Gasteiger partial charge on any atom is -0.338 e. The number of halogens is 3. The summed E-state index contributed by atoms with van der Waals surface area (Å²) in [6, 6.07) is 0. The fourth-order valence-corrected chi connectivity index (χ4v) is 2.02. The van der Waals surface area contributed by atoms with Gasteiger partial charge in [-0.15, -0.1) is 0 Å². The van der Waals surface area contributed by atoms with Crippen molar-refractivity contribution in [3.8, 4) is 0 Å². The zero-order chi connectivity index (χ0) is 13.9. The first-order valence-electron chi connectivity index (χ1n) is 6.02. The zero-order valence-electron chi connectivity index (χ0n) is 10.6. The van der Waals surface area contributed by atoms with Crippen molar-refractivity contribution in [2.75, 3.05) is 19.6 Å². The quantitative estimate of drug-likeness (QED) is 0.792. The molecular weight excluding hydrogens is 245 g/mol. The van der Waals surface area contributed by atoms with E-state index in [1.165, 1.54) is 4.90 Å². The number of hydrogen-bond acceptors (Lipinski definition) is 2. The molecule has 1 unspecified atom stereocenters. The van der Waals surface area contributed by atoms with Gasteiger partial charge in [-0.1, -0.05) is 19.9 Å². The molecule has 1 aliphatic heterocycles. The molecule has 0 aromatic heterocycles. The number of amides is 1. The molecule has 0 aromatic carbocycles. The fourth-order valence-electron chi connectivity index (χ4n) is 2.02. The molecule has 2 N–H and O–H groups in total. The second-order valence-electron chi connectivity index (χ2n) is 4.85. The first-order valence-corrected chi connectivity index (χ1v) is 6.02. The van der Waals surface area contributed by atoms with Gasteiger partial charge in [0.2, 0.25) is 5.91 Å². The molecule has 0 spiro atoms. The maximum atomic E-state index is 12.4. The zero-order valence-corrected chi connectivity index (χ0v) is 10.6. The molecule has 0 saturated heterocycles. The van der Waals surface area contributed by atoms with Crippen molar-refractivity contribution in [2.45, 2.75) is 26.4 Å². The molecule has 3 nitrogen and oxygen atoms in total. The van der Waals surface area contributed by atoms with Crippen LogP contribution in [-0.4, -0.2) is 36.6 Å². The molecule has 0 aromatic rings. The predicted octanol–water partition coefficient (Wildman–Crippen LogP) is 1.94. The van der Waals surface area contributed by atoms with Gasteiger partial charge in [-0.25, -0.2) is 0 Å². The molecule has 18 heavy (non-hydrogen) atoms. The van der Waals surface area contributed by atoms with Gasteiger partial charge in [0.1, 0.15) is 0 Å². The van der Waals surface area contributed by atoms with E-state index in [1.807, 2.05) is 13.8 Å². The highest BCUT2D eigenvalue weighted by molar-refractivity contribution is 5.79. The Hall–Kier alpha value is -1.04. The van der Waals surface area contributed by atoms with E-state index >= 15 is 0 Å². The third kappa shape index (κ3) is 3.48. The van der Waals surface area contributed by atoms with Gasteiger partial charge in [-0.3, -0.25) is 4.79 Å². The van der Waals surface area contributed by atoms with E-state index in [9.17, 15) is 18.0 Å². The van der Waals surface area contributed by atoms with Crippen molar-refractivity contribution in [3.05, 3.63) is 11.6 Å². The summed E-state index contributed by atoms with van der Waals surface area (Å²) in [6.45, 7) is 4.14. The Bertz CT molecular complexity index is 337. The molecule has 1 rings (SSSR count). The van der Waals surface area contributed by atoms with E-state index in [-0.39, 0.29) is 43.8 Å². The van der Waals surface area contributed by atoms with Crippen LogP contribution in [0.4, 0.5) is 13.2 Å². The van der Waals surface area contributed by atoms with Gasteiger partial charge in [0.25, 0.3) is 0 Å². The summed E-state index contributed by atoms with van der Waals surface area (Å²) in [4.78, 5) is 13.5. The second kappa shape index (κ2) is 5.73. The molecule has 0 fully saturated rings. The van der Waals surface area contributed by atoms with Crippen molar-refractivity contribution >= 4 is 5.91 Å². The van der Waals surface area contributed by atoms with Crippen LogP contribution < -0.4 is 5.73 Å². The highest BCUT2D eigenvalue weighted by Crippen LogP contribution is 2.30. The lowest BCUT2D eigenvalue weighted by molar-refractivity contribution is -0.137. The lowest BCUT2D eigenvalue weighted by Crippen LogP contribution is -2.44. The molecule has 0 aliphatic carbocycles. The summed E-state index contributed by atoms with van der Waals surface area (Å²) in [5.74, 6) is -0.369. The Kier molecular flexibility index (Phi) is 4.78. The summed E-state index contributed by atoms with van der Waals surface area (Å²) in [6.07, 6.45) is -3.32. The maximum Gasteiger partial charge on any atom is 0.412 e. The molecule has 1 atom stereocenters. The Labute approximate surface area is 105 Å². The standard InChI is InChI=1S/C12H19F3N2O/c1-8(2)10(7-16)11(18)17-5-3-9(4-6-17)12(13,14)15/h3,8,10H,4-7,16H2,1-2H3. The molecule has 1 amide bonds. The number of nitrogens with two attached hydrogens (primary N) is 1. The molecular formula is C12H19F3N2O. The highest BCUT2D eigenvalue weighted by atomic mass is 19.4. The van der Waals surface area contributed by atoms with Gasteiger partial charge in [0.05, 0.1) is 5.92 Å². The lowest BCUT2D eigenvalue weighted by atomic mass is 9.93. The van der Waals surface area contributed by atoms with Gasteiger partial charge in [-0.2, -0.15) is 13.2 Å². The lowest BCUT2D eigenvalue weighted by Gasteiger charge is -2.31. The van der Waals surface area contributed by atoms with Crippen LogP contribution in [-0.2, 0) is 4.79 Å². The number of carbonyl (C=O) groups is 1. The normalized spacial score (nSPS) is 18.8.